The molecule has 3 rings (SSSR count). The Bertz CT molecular complexity index is 880. The van der Waals surface area contributed by atoms with Crippen LogP contribution >= 0.6 is 11.8 Å². The number of nitrogens with one attached hydrogen (secondary N) is 1. The van der Waals surface area contributed by atoms with Crippen molar-refractivity contribution in [3.05, 3.63) is 35.7 Å². The molecule has 2 amide bonds. The molecule has 0 aliphatic carbocycles. The molecule has 1 atom stereocenters. The van der Waals surface area contributed by atoms with Crippen LogP contribution in [0.4, 0.5) is 0 Å². The molecule has 2 heterocycles. The zero-order valence-corrected chi connectivity index (χ0v) is 19.0. The second kappa shape index (κ2) is 11.1. The minimum atomic E-state index is -0.303. The first-order valence-corrected chi connectivity index (χ1v) is 11.3. The molecular formula is C21H29N5O4S. The Kier molecular flexibility index (Phi) is 8.30. The summed E-state index contributed by atoms with van der Waals surface area (Å²) in [6, 6.07) is 7.11. The van der Waals surface area contributed by atoms with Gasteiger partial charge in [-0.15, -0.1) is 10.2 Å². The van der Waals surface area contributed by atoms with E-state index in [0.29, 0.717) is 49.6 Å². The van der Waals surface area contributed by atoms with Gasteiger partial charge < -0.3 is 24.3 Å². The second-order valence-electron chi connectivity index (χ2n) is 7.18. The van der Waals surface area contributed by atoms with Crippen LogP contribution in [-0.4, -0.2) is 70.6 Å². The highest BCUT2D eigenvalue weighted by molar-refractivity contribution is 7.99. The smallest absolute Gasteiger partial charge is 0.233 e. The second-order valence-corrected chi connectivity index (χ2v) is 8.12. The van der Waals surface area contributed by atoms with E-state index in [2.05, 4.69) is 15.5 Å². The number of hydrogen-bond acceptors (Lipinski definition) is 7. The van der Waals surface area contributed by atoms with Crippen LogP contribution in [0.5, 0.6) is 5.75 Å². The molecule has 0 unspecified atom stereocenters. The fourth-order valence-corrected chi connectivity index (χ4v) is 4.25. The highest BCUT2D eigenvalue weighted by Crippen LogP contribution is 2.21. The van der Waals surface area contributed by atoms with Gasteiger partial charge in [-0.2, -0.15) is 0 Å². The Morgan fingerprint density at radius 1 is 1.23 bits per heavy atom. The number of ether oxygens (including phenoxy) is 2. The fourth-order valence-electron chi connectivity index (χ4n) is 3.34. The number of thioether (sulfide) groups is 1. The Balaban J connectivity index is 1.56. The first-order valence-electron chi connectivity index (χ1n) is 10.4. The molecule has 10 heteroatoms. The number of aromatic nitrogens is 3. The molecule has 0 bridgehead atoms. The van der Waals surface area contributed by atoms with Crippen molar-refractivity contribution in [3.63, 3.8) is 0 Å². The van der Waals surface area contributed by atoms with Crippen molar-refractivity contribution in [2.75, 3.05) is 39.2 Å². The number of benzene rings is 1. The number of carbonyl (C=O) groups excluding carboxylic acids is 2. The summed E-state index contributed by atoms with van der Waals surface area (Å²) in [6.45, 7) is 6.95. The van der Waals surface area contributed by atoms with Gasteiger partial charge in [0, 0.05) is 19.6 Å². The van der Waals surface area contributed by atoms with Crippen LogP contribution in [-0.2, 0) is 27.3 Å². The summed E-state index contributed by atoms with van der Waals surface area (Å²) in [5.74, 6) is 1.70. The number of amides is 2. The SMILES string of the molecule is CCn1c(SCC(=O)N2CCOCC2)nnc1[C@@H](C)NC(=O)Cc1ccc(OC)cc1. The molecule has 168 valence electrons. The van der Waals surface area contributed by atoms with Gasteiger partial charge in [-0.1, -0.05) is 23.9 Å². The molecule has 1 fully saturated rings. The van der Waals surface area contributed by atoms with Crippen molar-refractivity contribution in [2.24, 2.45) is 0 Å². The van der Waals surface area contributed by atoms with E-state index in [1.54, 1.807) is 7.11 Å². The van der Waals surface area contributed by atoms with E-state index in [9.17, 15) is 9.59 Å². The number of methoxy groups -OCH3 is 1. The summed E-state index contributed by atoms with van der Waals surface area (Å²) < 4.78 is 12.4. The maximum atomic E-state index is 12.5. The van der Waals surface area contributed by atoms with Crippen molar-refractivity contribution < 1.29 is 19.1 Å². The molecule has 1 N–H and O–H groups in total. The van der Waals surface area contributed by atoms with Gasteiger partial charge in [0.05, 0.1) is 38.5 Å². The van der Waals surface area contributed by atoms with Crippen LogP contribution in [0.2, 0.25) is 0 Å². The third-order valence-electron chi connectivity index (χ3n) is 5.04. The molecule has 9 nitrogen and oxygen atoms in total. The van der Waals surface area contributed by atoms with E-state index in [0.717, 1.165) is 11.3 Å². The molecule has 1 aromatic carbocycles. The molecule has 1 saturated heterocycles. The Hall–Kier alpha value is -2.59. The van der Waals surface area contributed by atoms with Crippen molar-refractivity contribution >= 4 is 23.6 Å². The van der Waals surface area contributed by atoms with Gasteiger partial charge in [0.25, 0.3) is 0 Å². The Labute approximate surface area is 186 Å². The molecule has 0 saturated carbocycles. The average molecular weight is 448 g/mol. The van der Waals surface area contributed by atoms with E-state index in [1.165, 1.54) is 11.8 Å². The lowest BCUT2D eigenvalue weighted by Crippen LogP contribution is -2.41. The van der Waals surface area contributed by atoms with Gasteiger partial charge in [0.2, 0.25) is 11.8 Å². The maximum absolute atomic E-state index is 12.5. The van der Waals surface area contributed by atoms with E-state index in [4.69, 9.17) is 9.47 Å². The zero-order valence-electron chi connectivity index (χ0n) is 18.2. The lowest BCUT2D eigenvalue weighted by molar-refractivity contribution is -0.132. The van der Waals surface area contributed by atoms with Crippen LogP contribution in [0.1, 0.15) is 31.3 Å². The van der Waals surface area contributed by atoms with Crippen LogP contribution in [0.15, 0.2) is 29.4 Å². The maximum Gasteiger partial charge on any atom is 0.233 e. The van der Waals surface area contributed by atoms with Gasteiger partial charge in [-0.3, -0.25) is 9.59 Å². The molecule has 31 heavy (non-hydrogen) atoms. The molecule has 2 aromatic rings. The first-order chi connectivity index (χ1) is 15.0. The minimum Gasteiger partial charge on any atom is -0.497 e. The highest BCUT2D eigenvalue weighted by atomic mass is 32.2. The van der Waals surface area contributed by atoms with Gasteiger partial charge in [-0.25, -0.2) is 0 Å². The monoisotopic (exact) mass is 447 g/mol. The van der Waals surface area contributed by atoms with E-state index in [1.807, 2.05) is 47.6 Å². The quantitative estimate of drug-likeness (QED) is 0.584. The third-order valence-corrected chi connectivity index (χ3v) is 5.99. The van der Waals surface area contributed by atoms with Crippen molar-refractivity contribution in [2.45, 2.75) is 38.0 Å². The normalized spacial score (nSPS) is 14.9. The van der Waals surface area contributed by atoms with Crippen LogP contribution < -0.4 is 10.1 Å². The number of carbonyl (C=O) groups is 2. The molecule has 1 aliphatic heterocycles. The predicted molar refractivity (Wildman–Crippen MR) is 117 cm³/mol. The standard InChI is InChI=1S/C21H29N5O4S/c1-4-26-20(15(2)22-18(27)13-16-5-7-17(29-3)8-6-16)23-24-21(26)31-14-19(28)25-9-11-30-12-10-25/h5-8,15H,4,9-14H2,1-3H3,(H,22,27)/t15-/m1/s1. The fraction of sp³-hybridized carbons (Fsp3) is 0.524. The molecular weight excluding hydrogens is 418 g/mol. The lowest BCUT2D eigenvalue weighted by Gasteiger charge is -2.26. The van der Waals surface area contributed by atoms with E-state index in [-0.39, 0.29) is 24.3 Å². The van der Waals surface area contributed by atoms with Gasteiger partial charge in [0.15, 0.2) is 11.0 Å². The van der Waals surface area contributed by atoms with Crippen LogP contribution in [0.3, 0.4) is 0 Å². The third kappa shape index (κ3) is 6.20. The number of hydrogen-bond donors (Lipinski definition) is 1. The van der Waals surface area contributed by atoms with Crippen LogP contribution in [0.25, 0.3) is 0 Å². The molecule has 0 spiro atoms. The van der Waals surface area contributed by atoms with E-state index >= 15 is 0 Å². The van der Waals surface area contributed by atoms with Crippen molar-refractivity contribution in [1.29, 1.82) is 0 Å². The summed E-state index contributed by atoms with van der Waals surface area (Å²) in [4.78, 5) is 26.7. The summed E-state index contributed by atoms with van der Waals surface area (Å²) in [5, 5.41) is 12.2. The Morgan fingerprint density at radius 2 is 1.94 bits per heavy atom. The largest absolute Gasteiger partial charge is 0.497 e. The topological polar surface area (TPSA) is 98.6 Å². The summed E-state index contributed by atoms with van der Waals surface area (Å²) >= 11 is 1.37. The highest BCUT2D eigenvalue weighted by Gasteiger charge is 2.21. The molecule has 1 aliphatic rings. The van der Waals surface area contributed by atoms with Crippen molar-refractivity contribution in [1.82, 2.24) is 25.0 Å². The van der Waals surface area contributed by atoms with Crippen LogP contribution in [0, 0.1) is 0 Å². The predicted octanol–water partition coefficient (Wildman–Crippen LogP) is 1.68. The minimum absolute atomic E-state index is 0.0707. The first kappa shape index (κ1) is 23.1. The molecule has 0 radical (unpaired) electrons. The summed E-state index contributed by atoms with van der Waals surface area (Å²) in [7, 11) is 1.61. The van der Waals surface area contributed by atoms with E-state index < -0.39 is 0 Å². The van der Waals surface area contributed by atoms with Crippen molar-refractivity contribution in [3.8, 4) is 5.75 Å². The summed E-state index contributed by atoms with van der Waals surface area (Å²) in [5.41, 5.74) is 0.903. The number of nitrogens with zero attached hydrogens (tertiary/aromatic N) is 4. The zero-order chi connectivity index (χ0) is 22.2. The average Bonchev–Trinajstić information content (AvgIpc) is 3.21. The van der Waals surface area contributed by atoms with Gasteiger partial charge in [-0.05, 0) is 31.5 Å². The van der Waals surface area contributed by atoms with Gasteiger partial charge >= 0.3 is 0 Å². The van der Waals surface area contributed by atoms with Gasteiger partial charge in [0.1, 0.15) is 5.75 Å². The Morgan fingerprint density at radius 3 is 2.58 bits per heavy atom. The summed E-state index contributed by atoms with van der Waals surface area (Å²) in [6.07, 6.45) is 0.268. The number of rotatable bonds is 9. The lowest BCUT2D eigenvalue weighted by atomic mass is 10.1. The molecule has 1 aromatic heterocycles. The number of morpholine rings is 1.